The average Bonchev–Trinajstić information content (AvgIpc) is 2.60. The van der Waals surface area contributed by atoms with E-state index in [1.165, 1.54) is 0 Å². The summed E-state index contributed by atoms with van der Waals surface area (Å²) >= 11 is 2.29. The Hall–Kier alpha value is -1.31. The molecule has 0 aliphatic carbocycles. The summed E-state index contributed by atoms with van der Waals surface area (Å²) in [6.07, 6.45) is 0.380. The molecule has 0 saturated heterocycles. The van der Waals surface area contributed by atoms with E-state index in [-0.39, 0.29) is 6.29 Å². The normalized spacial score (nSPS) is 10.8. The highest BCUT2D eigenvalue weighted by molar-refractivity contribution is 14.1. The van der Waals surface area contributed by atoms with Crippen LogP contribution in [0, 0.1) is 3.57 Å². The van der Waals surface area contributed by atoms with Crippen LogP contribution in [0.25, 0.3) is 0 Å². The Labute approximate surface area is 150 Å². The second-order valence-corrected chi connectivity index (χ2v) is 6.14. The molecule has 0 spiro atoms. The molecule has 0 amide bonds. The number of halogens is 1. The van der Waals surface area contributed by atoms with Gasteiger partial charge in [-0.1, -0.05) is 30.3 Å². The second-order valence-electron chi connectivity index (χ2n) is 4.97. The van der Waals surface area contributed by atoms with E-state index in [1.54, 1.807) is 21.3 Å². The monoisotopic (exact) mass is 428 g/mol. The molecular weight excluding hydrogens is 407 g/mol. The molecule has 0 aliphatic rings. The molecule has 0 unspecified atom stereocenters. The van der Waals surface area contributed by atoms with Gasteiger partial charge in [0.2, 0.25) is 0 Å². The lowest BCUT2D eigenvalue weighted by molar-refractivity contribution is -0.100. The summed E-state index contributed by atoms with van der Waals surface area (Å²) in [6, 6.07) is 14.0. The number of ether oxygens (including phenoxy) is 4. The van der Waals surface area contributed by atoms with Crippen molar-refractivity contribution >= 4 is 22.6 Å². The molecule has 0 saturated carbocycles. The van der Waals surface area contributed by atoms with Crippen molar-refractivity contribution < 1.29 is 18.9 Å². The predicted octanol–water partition coefficient (Wildman–Crippen LogP) is 4.04. The number of methoxy groups -OCH3 is 3. The van der Waals surface area contributed by atoms with Gasteiger partial charge in [-0.05, 0) is 45.9 Å². The van der Waals surface area contributed by atoms with Crippen LogP contribution < -0.4 is 9.47 Å². The molecule has 0 heterocycles. The summed E-state index contributed by atoms with van der Waals surface area (Å²) in [5, 5.41) is 0. The SMILES string of the molecule is COc1cc(CC(OC)OC)c(I)cc1OCc1ccccc1. The summed E-state index contributed by atoms with van der Waals surface area (Å²) in [6.45, 7) is 0.505. The standard InChI is InChI=1S/C18H21IO4/c1-20-16-9-14(10-18(21-2)22-3)15(19)11-17(16)23-12-13-7-5-4-6-8-13/h4-9,11,18H,10,12H2,1-3H3. The fourth-order valence-electron chi connectivity index (χ4n) is 2.18. The number of hydrogen-bond acceptors (Lipinski definition) is 4. The first-order valence-corrected chi connectivity index (χ1v) is 8.34. The van der Waals surface area contributed by atoms with E-state index >= 15 is 0 Å². The van der Waals surface area contributed by atoms with Gasteiger partial charge in [0.05, 0.1) is 7.11 Å². The van der Waals surface area contributed by atoms with Crippen LogP contribution in [0.2, 0.25) is 0 Å². The van der Waals surface area contributed by atoms with Gasteiger partial charge < -0.3 is 18.9 Å². The number of benzene rings is 2. The predicted molar refractivity (Wildman–Crippen MR) is 98.0 cm³/mol. The van der Waals surface area contributed by atoms with E-state index in [0.29, 0.717) is 18.8 Å². The highest BCUT2D eigenvalue weighted by atomic mass is 127. The minimum Gasteiger partial charge on any atom is -0.493 e. The molecule has 4 nitrogen and oxygen atoms in total. The zero-order valence-corrected chi connectivity index (χ0v) is 15.7. The zero-order valence-electron chi connectivity index (χ0n) is 13.5. The second kappa shape index (κ2) is 9.10. The number of hydrogen-bond donors (Lipinski definition) is 0. The average molecular weight is 428 g/mol. The molecule has 0 bridgehead atoms. The van der Waals surface area contributed by atoms with Crippen molar-refractivity contribution in [2.24, 2.45) is 0 Å². The van der Waals surface area contributed by atoms with Crippen molar-refractivity contribution in [3.63, 3.8) is 0 Å². The first-order chi connectivity index (χ1) is 11.2. The summed E-state index contributed by atoms with van der Waals surface area (Å²) in [5.74, 6) is 1.44. The fraction of sp³-hybridized carbons (Fsp3) is 0.333. The molecule has 0 N–H and O–H groups in total. The molecule has 0 radical (unpaired) electrons. The van der Waals surface area contributed by atoms with Crippen LogP contribution in [0.1, 0.15) is 11.1 Å². The Balaban J connectivity index is 2.15. The van der Waals surface area contributed by atoms with E-state index in [0.717, 1.165) is 20.4 Å². The minimum absolute atomic E-state index is 0.274. The van der Waals surface area contributed by atoms with Crippen LogP contribution in [0.3, 0.4) is 0 Å². The van der Waals surface area contributed by atoms with Gasteiger partial charge in [-0.3, -0.25) is 0 Å². The van der Waals surface area contributed by atoms with Gasteiger partial charge in [-0.15, -0.1) is 0 Å². The van der Waals surface area contributed by atoms with Crippen molar-refractivity contribution in [1.29, 1.82) is 0 Å². The molecule has 124 valence electrons. The van der Waals surface area contributed by atoms with Crippen LogP contribution in [-0.2, 0) is 22.5 Å². The highest BCUT2D eigenvalue weighted by Gasteiger charge is 2.14. The molecule has 2 rings (SSSR count). The summed E-state index contributed by atoms with van der Waals surface area (Å²) in [5.41, 5.74) is 2.22. The quantitative estimate of drug-likeness (QED) is 0.470. The lowest BCUT2D eigenvalue weighted by Crippen LogP contribution is -2.17. The molecule has 2 aromatic rings. The van der Waals surface area contributed by atoms with Gasteiger partial charge in [-0.2, -0.15) is 0 Å². The third-order valence-corrected chi connectivity index (χ3v) is 4.49. The number of rotatable bonds is 8. The van der Waals surface area contributed by atoms with Crippen molar-refractivity contribution in [3.05, 3.63) is 57.2 Å². The molecule has 2 aromatic carbocycles. The van der Waals surface area contributed by atoms with E-state index in [2.05, 4.69) is 22.6 Å². The van der Waals surface area contributed by atoms with Crippen LogP contribution >= 0.6 is 22.6 Å². The first kappa shape index (κ1) is 18.0. The topological polar surface area (TPSA) is 36.9 Å². The highest BCUT2D eigenvalue weighted by Crippen LogP contribution is 2.33. The third kappa shape index (κ3) is 5.09. The van der Waals surface area contributed by atoms with Crippen LogP contribution in [0.5, 0.6) is 11.5 Å². The van der Waals surface area contributed by atoms with E-state index < -0.39 is 0 Å². The van der Waals surface area contributed by atoms with Gasteiger partial charge >= 0.3 is 0 Å². The maximum atomic E-state index is 5.92. The van der Waals surface area contributed by atoms with E-state index in [9.17, 15) is 0 Å². The lowest BCUT2D eigenvalue weighted by Gasteiger charge is -2.17. The van der Waals surface area contributed by atoms with Crippen molar-refractivity contribution in [2.75, 3.05) is 21.3 Å². The van der Waals surface area contributed by atoms with Gasteiger partial charge in [-0.25, -0.2) is 0 Å². The molecule has 5 heteroatoms. The van der Waals surface area contributed by atoms with E-state index in [4.69, 9.17) is 18.9 Å². The third-order valence-electron chi connectivity index (χ3n) is 3.48. The smallest absolute Gasteiger partial charge is 0.162 e. The molecule has 23 heavy (non-hydrogen) atoms. The summed E-state index contributed by atoms with van der Waals surface area (Å²) < 4.78 is 23.0. The van der Waals surface area contributed by atoms with Crippen molar-refractivity contribution in [1.82, 2.24) is 0 Å². The van der Waals surface area contributed by atoms with Crippen LogP contribution in [0.15, 0.2) is 42.5 Å². The van der Waals surface area contributed by atoms with Gasteiger partial charge in [0.1, 0.15) is 6.61 Å². The van der Waals surface area contributed by atoms with Crippen molar-refractivity contribution in [3.8, 4) is 11.5 Å². The zero-order chi connectivity index (χ0) is 16.7. The Morgan fingerprint density at radius 1 is 0.957 bits per heavy atom. The fourth-order valence-corrected chi connectivity index (χ4v) is 2.84. The maximum absolute atomic E-state index is 5.92. The molecule has 0 fully saturated rings. The van der Waals surface area contributed by atoms with Gasteiger partial charge in [0, 0.05) is 24.2 Å². The van der Waals surface area contributed by atoms with Gasteiger partial charge in [0.15, 0.2) is 17.8 Å². The van der Waals surface area contributed by atoms with Crippen molar-refractivity contribution in [2.45, 2.75) is 19.3 Å². The summed E-state index contributed by atoms with van der Waals surface area (Å²) in [4.78, 5) is 0. The Kier molecular flexibility index (Phi) is 7.14. The molecule has 0 aliphatic heterocycles. The lowest BCUT2D eigenvalue weighted by atomic mass is 10.1. The largest absolute Gasteiger partial charge is 0.493 e. The Morgan fingerprint density at radius 2 is 1.65 bits per heavy atom. The molecule has 0 atom stereocenters. The van der Waals surface area contributed by atoms with Crippen LogP contribution in [0.4, 0.5) is 0 Å². The Bertz CT molecular complexity index is 612. The molecular formula is C18H21IO4. The van der Waals surface area contributed by atoms with Crippen LogP contribution in [-0.4, -0.2) is 27.6 Å². The maximum Gasteiger partial charge on any atom is 0.162 e. The minimum atomic E-state index is -0.274. The first-order valence-electron chi connectivity index (χ1n) is 7.26. The summed E-state index contributed by atoms with van der Waals surface area (Å²) in [7, 11) is 4.91. The Morgan fingerprint density at radius 3 is 2.26 bits per heavy atom. The van der Waals surface area contributed by atoms with Gasteiger partial charge in [0.25, 0.3) is 0 Å². The molecule has 0 aromatic heterocycles. The van der Waals surface area contributed by atoms with E-state index in [1.807, 2.05) is 42.5 Å².